The van der Waals surface area contributed by atoms with Crippen LogP contribution in [0.3, 0.4) is 0 Å². The summed E-state index contributed by atoms with van der Waals surface area (Å²) in [7, 11) is 0. The third kappa shape index (κ3) is 3.56. The number of carbonyl (C=O) groups is 1. The Labute approximate surface area is 164 Å². The van der Waals surface area contributed by atoms with Crippen LogP contribution >= 0.6 is 11.6 Å². The van der Waals surface area contributed by atoms with Crippen LogP contribution in [0, 0.1) is 0 Å². The van der Waals surface area contributed by atoms with Gasteiger partial charge in [0, 0.05) is 11.1 Å². The van der Waals surface area contributed by atoms with Crippen LogP contribution in [-0.2, 0) is 4.79 Å². The van der Waals surface area contributed by atoms with Crippen LogP contribution in [0.2, 0.25) is 5.02 Å². The van der Waals surface area contributed by atoms with Crippen molar-refractivity contribution in [3.63, 3.8) is 0 Å². The predicted molar refractivity (Wildman–Crippen MR) is 108 cm³/mol. The van der Waals surface area contributed by atoms with E-state index in [9.17, 15) is 9.59 Å². The fourth-order valence-electron chi connectivity index (χ4n) is 2.68. The molecule has 0 bridgehead atoms. The Bertz CT molecular complexity index is 1240. The summed E-state index contributed by atoms with van der Waals surface area (Å²) in [6.45, 7) is 0. The number of nitrogens with zero attached hydrogens (tertiary/aromatic N) is 4. The first-order valence-corrected chi connectivity index (χ1v) is 8.75. The molecule has 0 atom stereocenters. The number of rotatable bonds is 4. The Kier molecular flexibility index (Phi) is 4.74. The molecule has 0 saturated heterocycles. The van der Waals surface area contributed by atoms with Gasteiger partial charge in [0.1, 0.15) is 11.7 Å². The van der Waals surface area contributed by atoms with Crippen LogP contribution in [0.4, 0.5) is 0 Å². The summed E-state index contributed by atoms with van der Waals surface area (Å²) in [6.07, 6.45) is 5.67. The number of nitrogens with one attached hydrogen (secondary N) is 1. The number of benzene rings is 2. The molecule has 2 heterocycles. The number of hydrogen-bond donors (Lipinski definition) is 1. The van der Waals surface area contributed by atoms with Gasteiger partial charge in [-0.2, -0.15) is 5.10 Å². The SMILES string of the molecule is O=C(/C=C/c1ccccc1)Nn1cnc2c(cnn2-c2cccc(Cl)c2)c1=O. The Balaban J connectivity index is 1.61. The number of fused-ring (bicyclic) bond motifs is 1. The Hall–Kier alpha value is -3.71. The van der Waals surface area contributed by atoms with E-state index in [0.717, 1.165) is 10.2 Å². The summed E-state index contributed by atoms with van der Waals surface area (Å²) < 4.78 is 2.55. The number of halogens is 1. The number of carbonyl (C=O) groups excluding carboxylic acids is 1. The molecule has 7 nitrogen and oxygen atoms in total. The maximum Gasteiger partial charge on any atom is 0.283 e. The molecule has 2 aromatic heterocycles. The zero-order valence-electron chi connectivity index (χ0n) is 14.5. The summed E-state index contributed by atoms with van der Waals surface area (Å²) >= 11 is 6.02. The molecule has 4 rings (SSSR count). The minimum absolute atomic E-state index is 0.273. The van der Waals surface area contributed by atoms with Gasteiger partial charge in [-0.15, -0.1) is 0 Å². The minimum Gasteiger partial charge on any atom is -0.268 e. The molecular formula is C20H14ClN5O2. The number of aromatic nitrogens is 4. The lowest BCUT2D eigenvalue weighted by Crippen LogP contribution is -2.32. The summed E-state index contributed by atoms with van der Waals surface area (Å²) in [5.74, 6) is -0.450. The topological polar surface area (TPSA) is 81.8 Å². The van der Waals surface area contributed by atoms with E-state index in [2.05, 4.69) is 15.5 Å². The van der Waals surface area contributed by atoms with E-state index < -0.39 is 11.5 Å². The van der Waals surface area contributed by atoms with Crippen molar-refractivity contribution in [3.05, 3.63) is 94.1 Å². The summed E-state index contributed by atoms with van der Waals surface area (Å²) in [4.78, 5) is 29.0. The number of amides is 1. The van der Waals surface area contributed by atoms with Gasteiger partial charge in [0.05, 0.1) is 11.9 Å². The second kappa shape index (κ2) is 7.50. The zero-order valence-corrected chi connectivity index (χ0v) is 15.2. The molecule has 1 amide bonds. The molecule has 2 aromatic carbocycles. The van der Waals surface area contributed by atoms with E-state index in [1.165, 1.54) is 23.3 Å². The Morgan fingerprint density at radius 3 is 2.71 bits per heavy atom. The van der Waals surface area contributed by atoms with Gasteiger partial charge in [0.2, 0.25) is 0 Å². The summed E-state index contributed by atoms with van der Waals surface area (Å²) in [5.41, 5.74) is 3.99. The van der Waals surface area contributed by atoms with Crippen molar-refractivity contribution in [1.29, 1.82) is 0 Å². The highest BCUT2D eigenvalue weighted by Gasteiger charge is 2.12. The van der Waals surface area contributed by atoms with Crippen molar-refractivity contribution in [1.82, 2.24) is 19.4 Å². The average Bonchev–Trinajstić information content (AvgIpc) is 3.14. The highest BCUT2D eigenvalue weighted by atomic mass is 35.5. The normalized spacial score (nSPS) is 11.2. The fourth-order valence-corrected chi connectivity index (χ4v) is 2.86. The van der Waals surface area contributed by atoms with E-state index >= 15 is 0 Å². The maximum atomic E-state index is 12.7. The fraction of sp³-hybridized carbons (Fsp3) is 0. The second-order valence-electron chi connectivity index (χ2n) is 5.91. The van der Waals surface area contributed by atoms with Crippen LogP contribution in [0.25, 0.3) is 22.8 Å². The number of hydrogen-bond acceptors (Lipinski definition) is 4. The second-order valence-corrected chi connectivity index (χ2v) is 6.35. The van der Waals surface area contributed by atoms with Crippen molar-refractivity contribution in [2.24, 2.45) is 0 Å². The molecule has 0 aliphatic rings. The van der Waals surface area contributed by atoms with Gasteiger partial charge in [0.25, 0.3) is 11.5 Å². The Morgan fingerprint density at radius 1 is 1.11 bits per heavy atom. The third-order valence-electron chi connectivity index (χ3n) is 4.00. The van der Waals surface area contributed by atoms with Gasteiger partial charge in [0.15, 0.2) is 5.65 Å². The van der Waals surface area contributed by atoms with E-state index in [1.54, 1.807) is 24.3 Å². The van der Waals surface area contributed by atoms with Crippen molar-refractivity contribution in [2.45, 2.75) is 0 Å². The van der Waals surface area contributed by atoms with Gasteiger partial charge in [-0.25, -0.2) is 14.3 Å². The summed E-state index contributed by atoms with van der Waals surface area (Å²) in [6, 6.07) is 16.4. The molecule has 0 aliphatic carbocycles. The van der Waals surface area contributed by atoms with E-state index in [1.807, 2.05) is 36.4 Å². The highest BCUT2D eigenvalue weighted by molar-refractivity contribution is 6.30. The molecule has 0 fully saturated rings. The van der Waals surface area contributed by atoms with Gasteiger partial charge < -0.3 is 0 Å². The molecule has 0 saturated carbocycles. The first-order chi connectivity index (χ1) is 13.6. The van der Waals surface area contributed by atoms with Gasteiger partial charge in [-0.05, 0) is 29.8 Å². The lowest BCUT2D eigenvalue weighted by molar-refractivity contribution is -0.112. The van der Waals surface area contributed by atoms with E-state index in [0.29, 0.717) is 16.4 Å². The standard InChI is InChI=1S/C20H14ClN5O2/c21-15-7-4-8-16(11-15)26-19-17(12-23-26)20(28)25(13-22-19)24-18(27)10-9-14-5-2-1-3-6-14/h1-13H,(H,24,27)/b10-9+. The van der Waals surface area contributed by atoms with Crippen LogP contribution in [0.15, 0.2) is 78.0 Å². The first-order valence-electron chi connectivity index (χ1n) is 8.37. The molecule has 1 N–H and O–H groups in total. The molecule has 138 valence electrons. The van der Waals surface area contributed by atoms with Crippen LogP contribution in [0.5, 0.6) is 0 Å². The quantitative estimate of drug-likeness (QED) is 0.542. The predicted octanol–water partition coefficient (Wildman–Crippen LogP) is 3.02. The molecule has 0 unspecified atom stereocenters. The van der Waals surface area contributed by atoms with E-state index in [4.69, 9.17) is 11.6 Å². The average molecular weight is 392 g/mol. The largest absolute Gasteiger partial charge is 0.283 e. The molecule has 8 heteroatoms. The molecule has 0 radical (unpaired) electrons. The minimum atomic E-state index is -0.450. The molecule has 0 spiro atoms. The zero-order chi connectivity index (χ0) is 19.5. The van der Waals surface area contributed by atoms with Crippen molar-refractivity contribution in [3.8, 4) is 5.69 Å². The monoisotopic (exact) mass is 391 g/mol. The Morgan fingerprint density at radius 2 is 1.93 bits per heavy atom. The van der Waals surface area contributed by atoms with Crippen molar-refractivity contribution < 1.29 is 4.79 Å². The molecule has 4 aromatic rings. The van der Waals surface area contributed by atoms with Gasteiger partial charge >= 0.3 is 0 Å². The first kappa shape index (κ1) is 17.7. The lowest BCUT2D eigenvalue weighted by atomic mass is 10.2. The summed E-state index contributed by atoms with van der Waals surface area (Å²) in [5, 5.41) is 5.04. The smallest absolute Gasteiger partial charge is 0.268 e. The molecule has 28 heavy (non-hydrogen) atoms. The highest BCUT2D eigenvalue weighted by Crippen LogP contribution is 2.17. The van der Waals surface area contributed by atoms with Crippen molar-refractivity contribution in [2.75, 3.05) is 5.43 Å². The van der Waals surface area contributed by atoms with Crippen LogP contribution in [0.1, 0.15) is 5.56 Å². The van der Waals surface area contributed by atoms with Crippen molar-refractivity contribution >= 4 is 34.6 Å². The maximum absolute atomic E-state index is 12.7. The van der Waals surface area contributed by atoms with Gasteiger partial charge in [-0.3, -0.25) is 15.0 Å². The third-order valence-corrected chi connectivity index (χ3v) is 4.23. The van der Waals surface area contributed by atoms with Crippen LogP contribution < -0.4 is 11.0 Å². The van der Waals surface area contributed by atoms with Gasteiger partial charge in [-0.1, -0.05) is 48.0 Å². The molecule has 0 aliphatic heterocycles. The van der Waals surface area contributed by atoms with E-state index in [-0.39, 0.29) is 5.39 Å². The molecular weight excluding hydrogens is 378 g/mol. The van der Waals surface area contributed by atoms with Crippen LogP contribution in [-0.4, -0.2) is 25.3 Å². The lowest BCUT2D eigenvalue weighted by Gasteiger charge is -2.06.